The second-order valence-corrected chi connectivity index (χ2v) is 4.76. The maximum Gasteiger partial charge on any atom is 0.256 e. The molecule has 2 aliphatic heterocycles. The van der Waals surface area contributed by atoms with Crippen molar-refractivity contribution in [1.29, 1.82) is 0 Å². The Hall–Kier alpha value is -1.84. The first-order chi connectivity index (χ1) is 8.74. The molecular formula is C14H16N2O2. The fourth-order valence-electron chi connectivity index (χ4n) is 2.94. The van der Waals surface area contributed by atoms with Crippen LogP contribution < -0.4 is 4.90 Å². The van der Waals surface area contributed by atoms with Gasteiger partial charge in [0.2, 0.25) is 5.91 Å². The zero-order valence-corrected chi connectivity index (χ0v) is 10.4. The van der Waals surface area contributed by atoms with Crippen LogP contribution in [-0.2, 0) is 4.79 Å². The molecule has 1 aromatic rings. The number of hydrogen-bond donors (Lipinski definition) is 0. The van der Waals surface area contributed by atoms with Crippen LogP contribution in [0.2, 0.25) is 0 Å². The van der Waals surface area contributed by atoms with Crippen LogP contribution in [0, 0.1) is 0 Å². The number of anilines is 1. The van der Waals surface area contributed by atoms with Gasteiger partial charge >= 0.3 is 0 Å². The minimum absolute atomic E-state index is 0.00241. The van der Waals surface area contributed by atoms with Crippen LogP contribution in [0.25, 0.3) is 0 Å². The van der Waals surface area contributed by atoms with Crippen LogP contribution in [-0.4, -0.2) is 35.8 Å². The molecule has 0 aromatic heterocycles. The van der Waals surface area contributed by atoms with Gasteiger partial charge in [0, 0.05) is 13.1 Å². The molecule has 2 amide bonds. The van der Waals surface area contributed by atoms with Gasteiger partial charge in [-0.1, -0.05) is 12.1 Å². The molecule has 0 bridgehead atoms. The van der Waals surface area contributed by atoms with Crippen LogP contribution in [0.5, 0.6) is 0 Å². The van der Waals surface area contributed by atoms with Gasteiger partial charge in [0.15, 0.2) is 0 Å². The molecule has 0 N–H and O–H groups in total. The molecule has 1 aromatic carbocycles. The first kappa shape index (κ1) is 11.3. The number of rotatable bonds is 1. The Morgan fingerprint density at radius 1 is 1.28 bits per heavy atom. The van der Waals surface area contributed by atoms with Crippen molar-refractivity contribution in [3.63, 3.8) is 0 Å². The summed E-state index contributed by atoms with van der Waals surface area (Å²) in [5, 5.41) is 0. The van der Waals surface area contributed by atoms with E-state index in [2.05, 4.69) is 0 Å². The third-order valence-electron chi connectivity index (χ3n) is 3.81. The Bertz CT molecular complexity index is 512. The second-order valence-electron chi connectivity index (χ2n) is 4.76. The molecule has 2 aliphatic rings. The minimum Gasteiger partial charge on any atom is -0.327 e. The van der Waals surface area contributed by atoms with Crippen molar-refractivity contribution in [3.8, 4) is 0 Å². The monoisotopic (exact) mass is 244 g/mol. The summed E-state index contributed by atoms with van der Waals surface area (Å²) in [7, 11) is 0. The van der Waals surface area contributed by atoms with E-state index < -0.39 is 0 Å². The van der Waals surface area contributed by atoms with E-state index in [-0.39, 0.29) is 17.9 Å². The Morgan fingerprint density at radius 2 is 2.06 bits per heavy atom. The number of nitrogens with zero attached hydrogens (tertiary/aromatic N) is 2. The number of likely N-dealkylation sites (N-methyl/N-ethyl adjacent to an activating group) is 1. The number of benzene rings is 1. The van der Waals surface area contributed by atoms with E-state index in [1.54, 1.807) is 9.80 Å². The van der Waals surface area contributed by atoms with Gasteiger partial charge < -0.3 is 9.80 Å². The Labute approximate surface area is 106 Å². The molecule has 4 nitrogen and oxygen atoms in total. The summed E-state index contributed by atoms with van der Waals surface area (Å²) >= 11 is 0. The number of carbonyl (C=O) groups is 2. The van der Waals surface area contributed by atoms with E-state index in [4.69, 9.17) is 0 Å². The van der Waals surface area contributed by atoms with Gasteiger partial charge in [0.1, 0.15) is 6.04 Å². The van der Waals surface area contributed by atoms with E-state index in [0.29, 0.717) is 18.7 Å². The number of para-hydroxylation sites is 1. The molecular weight excluding hydrogens is 228 g/mol. The zero-order valence-electron chi connectivity index (χ0n) is 10.4. The highest BCUT2D eigenvalue weighted by atomic mass is 16.2. The smallest absolute Gasteiger partial charge is 0.256 e. The summed E-state index contributed by atoms with van der Waals surface area (Å²) in [6.07, 6.45) is 1.71. The molecule has 0 radical (unpaired) electrons. The van der Waals surface area contributed by atoms with E-state index in [1.807, 2.05) is 31.2 Å². The molecule has 4 heteroatoms. The first-order valence-corrected chi connectivity index (χ1v) is 6.45. The van der Waals surface area contributed by atoms with Crippen molar-refractivity contribution >= 4 is 17.5 Å². The molecule has 1 atom stereocenters. The van der Waals surface area contributed by atoms with Crippen LogP contribution >= 0.6 is 0 Å². The van der Waals surface area contributed by atoms with Gasteiger partial charge in [-0.25, -0.2) is 0 Å². The zero-order chi connectivity index (χ0) is 12.7. The van der Waals surface area contributed by atoms with Gasteiger partial charge in [-0.3, -0.25) is 9.59 Å². The van der Waals surface area contributed by atoms with E-state index in [1.165, 1.54) is 0 Å². The lowest BCUT2D eigenvalue weighted by Crippen LogP contribution is -2.44. The normalized spacial score (nSPS) is 22.8. The molecule has 94 valence electrons. The molecule has 0 aliphatic carbocycles. The summed E-state index contributed by atoms with van der Waals surface area (Å²) in [5.74, 6) is 0.0608. The molecule has 0 spiro atoms. The highest BCUT2D eigenvalue weighted by molar-refractivity contribution is 6.11. The van der Waals surface area contributed by atoms with Crippen LogP contribution in [0.3, 0.4) is 0 Å². The van der Waals surface area contributed by atoms with E-state index >= 15 is 0 Å². The van der Waals surface area contributed by atoms with E-state index in [0.717, 1.165) is 18.5 Å². The molecule has 2 heterocycles. The fraction of sp³-hybridized carbons (Fsp3) is 0.429. The minimum atomic E-state index is -0.259. The standard InChI is InChI=1S/C14H16N2O2/c1-2-15-11-7-4-3-6-10(11)13(17)16-9-5-8-12(16)14(15)18/h3-4,6-7,12H,2,5,8-9H2,1H3/t12-/m0/s1. The summed E-state index contributed by atoms with van der Waals surface area (Å²) in [6.45, 7) is 3.25. The maximum absolute atomic E-state index is 12.5. The highest BCUT2D eigenvalue weighted by Crippen LogP contribution is 2.31. The topological polar surface area (TPSA) is 40.6 Å². The van der Waals surface area contributed by atoms with Crippen LogP contribution in [0.15, 0.2) is 24.3 Å². The van der Waals surface area contributed by atoms with Gasteiger partial charge in [-0.2, -0.15) is 0 Å². The van der Waals surface area contributed by atoms with Crippen molar-refractivity contribution in [1.82, 2.24) is 4.90 Å². The fourth-order valence-corrected chi connectivity index (χ4v) is 2.94. The molecule has 0 saturated carbocycles. The predicted molar refractivity (Wildman–Crippen MR) is 68.5 cm³/mol. The van der Waals surface area contributed by atoms with Crippen LogP contribution in [0.1, 0.15) is 30.1 Å². The van der Waals surface area contributed by atoms with Crippen molar-refractivity contribution in [2.75, 3.05) is 18.0 Å². The van der Waals surface area contributed by atoms with Gasteiger partial charge in [-0.15, -0.1) is 0 Å². The lowest BCUT2D eigenvalue weighted by molar-refractivity contribution is -0.122. The second kappa shape index (κ2) is 4.12. The largest absolute Gasteiger partial charge is 0.327 e. The number of amides is 2. The summed E-state index contributed by atoms with van der Waals surface area (Å²) in [4.78, 5) is 28.4. The number of hydrogen-bond acceptors (Lipinski definition) is 2. The molecule has 18 heavy (non-hydrogen) atoms. The van der Waals surface area contributed by atoms with Gasteiger partial charge in [0.05, 0.1) is 11.3 Å². The predicted octanol–water partition coefficient (Wildman–Crippen LogP) is 1.66. The third-order valence-corrected chi connectivity index (χ3v) is 3.81. The Kier molecular flexibility index (Phi) is 2.58. The molecule has 0 unspecified atom stereocenters. The SMILES string of the molecule is CCN1C(=O)[C@@H]2CCCN2C(=O)c2ccccc21. The Balaban J connectivity index is 2.17. The summed E-state index contributed by atoms with van der Waals surface area (Å²) in [6, 6.07) is 7.14. The summed E-state index contributed by atoms with van der Waals surface area (Å²) in [5.41, 5.74) is 1.40. The third kappa shape index (κ3) is 1.45. The van der Waals surface area contributed by atoms with Crippen LogP contribution in [0.4, 0.5) is 5.69 Å². The molecule has 1 fully saturated rings. The quantitative estimate of drug-likeness (QED) is 0.753. The van der Waals surface area contributed by atoms with Crippen molar-refractivity contribution < 1.29 is 9.59 Å². The van der Waals surface area contributed by atoms with Crippen molar-refractivity contribution in [2.24, 2.45) is 0 Å². The van der Waals surface area contributed by atoms with Crippen molar-refractivity contribution in [2.45, 2.75) is 25.8 Å². The highest BCUT2D eigenvalue weighted by Gasteiger charge is 2.41. The lowest BCUT2D eigenvalue weighted by atomic mass is 10.1. The molecule has 3 rings (SSSR count). The van der Waals surface area contributed by atoms with Gasteiger partial charge in [-0.05, 0) is 31.9 Å². The van der Waals surface area contributed by atoms with E-state index in [9.17, 15) is 9.59 Å². The average Bonchev–Trinajstić information content (AvgIpc) is 2.85. The maximum atomic E-state index is 12.5. The lowest BCUT2D eigenvalue weighted by Gasteiger charge is -2.24. The number of fused-ring (bicyclic) bond motifs is 2. The average molecular weight is 244 g/mol. The Morgan fingerprint density at radius 3 is 2.83 bits per heavy atom. The number of carbonyl (C=O) groups excluding carboxylic acids is 2. The van der Waals surface area contributed by atoms with Gasteiger partial charge in [0.25, 0.3) is 5.91 Å². The molecule has 1 saturated heterocycles. The summed E-state index contributed by atoms with van der Waals surface area (Å²) < 4.78 is 0. The first-order valence-electron chi connectivity index (χ1n) is 6.45. The van der Waals surface area contributed by atoms with Crippen molar-refractivity contribution in [3.05, 3.63) is 29.8 Å².